The van der Waals surface area contributed by atoms with Gasteiger partial charge in [0.2, 0.25) is 6.41 Å². The van der Waals surface area contributed by atoms with E-state index in [9.17, 15) is 14.7 Å². The fraction of sp³-hybridized carbons (Fsp3) is 0.429. The lowest BCUT2D eigenvalue weighted by Crippen LogP contribution is -2.58. The van der Waals surface area contributed by atoms with Crippen LogP contribution in [-0.2, 0) is 15.1 Å². The number of benzene rings is 1. The van der Waals surface area contributed by atoms with Gasteiger partial charge in [0.25, 0.3) is 0 Å². The molecule has 2 atom stereocenters. The molecule has 1 N–H and O–H groups in total. The van der Waals surface area contributed by atoms with Gasteiger partial charge < -0.3 is 14.7 Å². The van der Waals surface area contributed by atoms with Gasteiger partial charge in [-0.15, -0.1) is 0 Å². The van der Waals surface area contributed by atoms with Gasteiger partial charge in [-0.1, -0.05) is 25.1 Å². The topological polar surface area (TPSA) is 66.8 Å². The van der Waals surface area contributed by atoms with E-state index in [1.54, 1.807) is 38.1 Å². The van der Waals surface area contributed by atoms with Crippen molar-refractivity contribution in [1.29, 1.82) is 0 Å². The lowest BCUT2D eigenvalue weighted by atomic mass is 9.76. The molecule has 1 aliphatic heterocycles. The second kappa shape index (κ2) is 4.91. The minimum Gasteiger partial charge on any atom is -0.493 e. The van der Waals surface area contributed by atoms with Gasteiger partial charge in [-0.2, -0.15) is 0 Å². The van der Waals surface area contributed by atoms with E-state index < -0.39 is 11.5 Å². The Morgan fingerprint density at radius 3 is 2.84 bits per heavy atom. The molecule has 0 fully saturated rings. The van der Waals surface area contributed by atoms with Crippen molar-refractivity contribution >= 4 is 12.4 Å². The Kier molecular flexibility index (Phi) is 3.46. The van der Waals surface area contributed by atoms with E-state index >= 15 is 0 Å². The van der Waals surface area contributed by atoms with E-state index in [-0.39, 0.29) is 12.5 Å². The van der Waals surface area contributed by atoms with Crippen LogP contribution in [0.15, 0.2) is 24.3 Å². The first-order chi connectivity index (χ1) is 9.08. The first kappa shape index (κ1) is 13.4. The molecule has 0 radical (unpaired) electrons. The molecule has 2 unspecified atom stereocenters. The summed E-state index contributed by atoms with van der Waals surface area (Å²) in [4.78, 5) is 24.6. The molecule has 2 rings (SSSR count). The monoisotopic (exact) mass is 263 g/mol. The molecule has 1 heterocycles. The Balaban J connectivity index is 2.71. The highest BCUT2D eigenvalue weighted by Gasteiger charge is 2.53. The molecule has 0 saturated carbocycles. The number of amides is 1. The zero-order valence-corrected chi connectivity index (χ0v) is 11.0. The highest BCUT2D eigenvalue weighted by atomic mass is 16.5. The molecule has 102 valence electrons. The number of para-hydroxylation sites is 1. The number of carbonyl (C=O) groups excluding carboxylic acids is 1. The summed E-state index contributed by atoms with van der Waals surface area (Å²) in [6, 6.07) is 7.00. The van der Waals surface area contributed by atoms with Crippen LogP contribution in [0.25, 0.3) is 0 Å². The second-order valence-electron chi connectivity index (χ2n) is 4.67. The maximum absolute atomic E-state index is 12.0. The number of hydrogen-bond acceptors (Lipinski definition) is 3. The molecular weight excluding hydrogens is 246 g/mol. The van der Waals surface area contributed by atoms with Crippen molar-refractivity contribution in [2.24, 2.45) is 5.92 Å². The van der Waals surface area contributed by atoms with Crippen LogP contribution in [0.1, 0.15) is 19.4 Å². The molecule has 5 nitrogen and oxygen atoms in total. The van der Waals surface area contributed by atoms with E-state index in [2.05, 4.69) is 0 Å². The first-order valence-electron chi connectivity index (χ1n) is 6.26. The summed E-state index contributed by atoms with van der Waals surface area (Å²) in [7, 11) is 0. The van der Waals surface area contributed by atoms with E-state index in [4.69, 9.17) is 4.74 Å². The van der Waals surface area contributed by atoms with Crippen LogP contribution >= 0.6 is 0 Å². The molecule has 0 spiro atoms. The summed E-state index contributed by atoms with van der Waals surface area (Å²) in [6.07, 6.45) is 0.604. The zero-order chi connectivity index (χ0) is 14.0. The minimum atomic E-state index is -1.36. The number of rotatable bonds is 4. The Bertz CT molecular complexity index is 502. The number of likely N-dealkylation sites (N-methyl/N-ethyl adjacent to an activating group) is 1. The lowest BCUT2D eigenvalue weighted by molar-refractivity contribution is -0.163. The second-order valence-corrected chi connectivity index (χ2v) is 4.67. The van der Waals surface area contributed by atoms with E-state index in [0.29, 0.717) is 24.3 Å². The molecule has 5 heteroatoms. The third-order valence-corrected chi connectivity index (χ3v) is 3.75. The Hall–Kier alpha value is -2.04. The molecule has 0 aromatic heterocycles. The summed E-state index contributed by atoms with van der Waals surface area (Å²) >= 11 is 0. The molecule has 0 saturated heterocycles. The third-order valence-electron chi connectivity index (χ3n) is 3.75. The van der Waals surface area contributed by atoms with E-state index in [1.165, 1.54) is 4.90 Å². The molecule has 0 bridgehead atoms. The highest BCUT2D eigenvalue weighted by Crippen LogP contribution is 2.44. The van der Waals surface area contributed by atoms with Gasteiger partial charge in [0.05, 0.1) is 6.61 Å². The fourth-order valence-electron chi connectivity index (χ4n) is 2.80. The van der Waals surface area contributed by atoms with Gasteiger partial charge in [0, 0.05) is 18.0 Å². The number of carboxylic acids is 1. The summed E-state index contributed by atoms with van der Waals surface area (Å²) in [5.41, 5.74) is -0.819. The molecular formula is C14H17NO4. The lowest BCUT2D eigenvalue weighted by Gasteiger charge is -2.45. The quantitative estimate of drug-likeness (QED) is 0.835. The molecule has 1 aromatic rings. The van der Waals surface area contributed by atoms with Gasteiger partial charge in [-0.3, -0.25) is 4.79 Å². The standard InChI is InChI=1S/C14H17NO4/c1-3-15(9-16)14(13(17)18)10(2)8-19-12-7-5-4-6-11(12)14/h4-7,9-10H,3,8H2,1-2H3,(H,17,18). The number of carboxylic acid groups (broad SMARTS) is 1. The number of fused-ring (bicyclic) bond motifs is 1. The van der Waals surface area contributed by atoms with Crippen LogP contribution in [-0.4, -0.2) is 35.5 Å². The molecule has 19 heavy (non-hydrogen) atoms. The Morgan fingerprint density at radius 2 is 2.26 bits per heavy atom. The highest BCUT2D eigenvalue weighted by molar-refractivity contribution is 5.85. The summed E-state index contributed by atoms with van der Waals surface area (Å²) < 4.78 is 5.57. The van der Waals surface area contributed by atoms with Crippen molar-refractivity contribution in [3.05, 3.63) is 29.8 Å². The first-order valence-corrected chi connectivity index (χ1v) is 6.26. The van der Waals surface area contributed by atoms with Crippen molar-refractivity contribution in [2.75, 3.05) is 13.2 Å². The van der Waals surface area contributed by atoms with Gasteiger partial charge in [-0.25, -0.2) is 4.79 Å². The minimum absolute atomic E-state index is 0.271. The van der Waals surface area contributed by atoms with Crippen LogP contribution in [0.2, 0.25) is 0 Å². The number of aliphatic carboxylic acids is 1. The predicted molar refractivity (Wildman–Crippen MR) is 68.9 cm³/mol. The maximum atomic E-state index is 12.0. The van der Waals surface area contributed by atoms with E-state index in [1.807, 2.05) is 0 Å². The molecule has 0 aliphatic carbocycles. The van der Waals surface area contributed by atoms with Crippen molar-refractivity contribution in [3.63, 3.8) is 0 Å². The number of carbonyl (C=O) groups is 2. The summed E-state index contributed by atoms with van der Waals surface area (Å²) in [6.45, 7) is 4.15. The number of nitrogens with zero attached hydrogens (tertiary/aromatic N) is 1. The third kappa shape index (κ3) is 1.77. The van der Waals surface area contributed by atoms with Crippen molar-refractivity contribution in [3.8, 4) is 5.75 Å². The zero-order valence-electron chi connectivity index (χ0n) is 11.0. The molecule has 1 aromatic carbocycles. The van der Waals surface area contributed by atoms with Gasteiger partial charge in [0.15, 0.2) is 5.54 Å². The smallest absolute Gasteiger partial charge is 0.334 e. The summed E-state index contributed by atoms with van der Waals surface area (Å²) in [5.74, 6) is -0.821. The normalized spacial score (nSPS) is 25.1. The van der Waals surface area contributed by atoms with Crippen molar-refractivity contribution < 1.29 is 19.4 Å². The maximum Gasteiger partial charge on any atom is 0.334 e. The Labute approximate surface area is 111 Å². The average Bonchev–Trinajstić information content (AvgIpc) is 2.42. The average molecular weight is 263 g/mol. The van der Waals surface area contributed by atoms with Gasteiger partial charge in [0.1, 0.15) is 5.75 Å². The number of ether oxygens (including phenoxy) is 1. The van der Waals surface area contributed by atoms with Crippen LogP contribution in [0, 0.1) is 5.92 Å². The van der Waals surface area contributed by atoms with Crippen LogP contribution in [0.3, 0.4) is 0 Å². The number of hydrogen-bond donors (Lipinski definition) is 1. The SMILES string of the molecule is CCN(C=O)C1(C(=O)O)c2ccccc2OCC1C. The largest absolute Gasteiger partial charge is 0.493 e. The van der Waals surface area contributed by atoms with Gasteiger partial charge in [-0.05, 0) is 13.0 Å². The van der Waals surface area contributed by atoms with Crippen LogP contribution in [0.5, 0.6) is 5.75 Å². The summed E-state index contributed by atoms with van der Waals surface area (Å²) in [5, 5.41) is 9.78. The molecule has 1 amide bonds. The molecule has 1 aliphatic rings. The van der Waals surface area contributed by atoms with Crippen LogP contribution < -0.4 is 4.74 Å². The van der Waals surface area contributed by atoms with Crippen molar-refractivity contribution in [2.45, 2.75) is 19.4 Å². The fourth-order valence-corrected chi connectivity index (χ4v) is 2.80. The van der Waals surface area contributed by atoms with Crippen molar-refractivity contribution in [1.82, 2.24) is 4.90 Å². The van der Waals surface area contributed by atoms with E-state index in [0.717, 1.165) is 0 Å². The predicted octanol–water partition coefficient (Wildman–Crippen LogP) is 1.47. The van der Waals surface area contributed by atoms with Gasteiger partial charge >= 0.3 is 5.97 Å². The van der Waals surface area contributed by atoms with Crippen LogP contribution in [0.4, 0.5) is 0 Å². The Morgan fingerprint density at radius 1 is 1.58 bits per heavy atom.